The number of ether oxygens (including phenoxy) is 1. The molecule has 1 aromatic heterocycles. The number of sulfonamides is 1. The summed E-state index contributed by atoms with van der Waals surface area (Å²) in [5, 5.41) is 0.273. The predicted molar refractivity (Wildman–Crippen MR) is 78.6 cm³/mol. The molecule has 0 unspecified atom stereocenters. The molecule has 0 radical (unpaired) electrons. The Morgan fingerprint density at radius 1 is 1.43 bits per heavy atom. The highest BCUT2D eigenvalue weighted by Gasteiger charge is 2.22. The van der Waals surface area contributed by atoms with Crippen molar-refractivity contribution in [1.82, 2.24) is 4.72 Å². The Bertz CT molecular complexity index is 714. The SMILES string of the molecule is COc1c(CN)cc(Cl)cc1S(=O)(=O)NCc1ccco1. The van der Waals surface area contributed by atoms with Gasteiger partial charge in [-0.05, 0) is 24.3 Å². The molecule has 0 spiro atoms. The Labute approximate surface area is 127 Å². The third-order valence-electron chi connectivity index (χ3n) is 2.83. The van der Waals surface area contributed by atoms with Crippen LogP contribution in [0.5, 0.6) is 5.75 Å². The van der Waals surface area contributed by atoms with Gasteiger partial charge in [-0.1, -0.05) is 11.6 Å². The van der Waals surface area contributed by atoms with Crippen LogP contribution in [-0.4, -0.2) is 15.5 Å². The standard InChI is InChI=1S/C13H15ClN2O4S/c1-19-13-9(7-15)5-10(14)6-12(13)21(17,18)16-8-11-3-2-4-20-11/h2-6,16H,7-8,15H2,1H3. The number of hydrogen-bond donors (Lipinski definition) is 2. The maximum atomic E-state index is 12.4. The van der Waals surface area contributed by atoms with E-state index in [2.05, 4.69) is 4.72 Å². The fourth-order valence-corrected chi connectivity index (χ4v) is 3.40. The molecule has 0 fully saturated rings. The van der Waals surface area contributed by atoms with E-state index in [-0.39, 0.29) is 28.8 Å². The van der Waals surface area contributed by atoms with Crippen LogP contribution < -0.4 is 15.2 Å². The third kappa shape index (κ3) is 3.56. The van der Waals surface area contributed by atoms with Crippen LogP contribution >= 0.6 is 11.6 Å². The summed E-state index contributed by atoms with van der Waals surface area (Å²) in [5.74, 6) is 0.687. The topological polar surface area (TPSA) is 94.6 Å². The van der Waals surface area contributed by atoms with Gasteiger partial charge in [0.1, 0.15) is 16.4 Å². The smallest absolute Gasteiger partial charge is 0.244 e. The molecule has 0 saturated carbocycles. The normalized spacial score (nSPS) is 11.6. The molecule has 3 N–H and O–H groups in total. The number of nitrogens with one attached hydrogen (secondary N) is 1. The van der Waals surface area contributed by atoms with E-state index >= 15 is 0 Å². The monoisotopic (exact) mass is 330 g/mol. The Balaban J connectivity index is 2.36. The Morgan fingerprint density at radius 3 is 2.76 bits per heavy atom. The minimum absolute atomic E-state index is 0.0307. The van der Waals surface area contributed by atoms with Gasteiger partial charge in [0.15, 0.2) is 0 Å². The molecule has 6 nitrogen and oxygen atoms in total. The van der Waals surface area contributed by atoms with Gasteiger partial charge < -0.3 is 14.9 Å². The van der Waals surface area contributed by atoms with Gasteiger partial charge in [0.2, 0.25) is 10.0 Å². The maximum Gasteiger partial charge on any atom is 0.244 e. The second kappa shape index (κ2) is 6.48. The maximum absolute atomic E-state index is 12.4. The van der Waals surface area contributed by atoms with E-state index in [1.807, 2.05) is 0 Å². The summed E-state index contributed by atoms with van der Waals surface area (Å²) in [6.07, 6.45) is 1.47. The first-order valence-electron chi connectivity index (χ1n) is 6.06. The molecule has 8 heteroatoms. The lowest BCUT2D eigenvalue weighted by atomic mass is 10.2. The van der Waals surface area contributed by atoms with E-state index in [9.17, 15) is 8.42 Å². The van der Waals surface area contributed by atoms with Gasteiger partial charge in [-0.25, -0.2) is 13.1 Å². The molecule has 0 aliphatic carbocycles. The number of halogens is 1. The number of hydrogen-bond acceptors (Lipinski definition) is 5. The van der Waals surface area contributed by atoms with E-state index in [0.717, 1.165) is 0 Å². The van der Waals surface area contributed by atoms with Crippen molar-refractivity contribution in [3.05, 3.63) is 46.9 Å². The number of nitrogens with two attached hydrogens (primary N) is 1. The Hall–Kier alpha value is -1.54. The summed E-state index contributed by atoms with van der Waals surface area (Å²) in [6, 6.07) is 6.25. The summed E-state index contributed by atoms with van der Waals surface area (Å²) in [7, 11) is -2.43. The molecule has 0 aliphatic heterocycles. The first-order chi connectivity index (χ1) is 9.97. The van der Waals surface area contributed by atoms with Crippen LogP contribution in [0, 0.1) is 0 Å². The fourth-order valence-electron chi connectivity index (χ4n) is 1.86. The number of rotatable bonds is 6. The quantitative estimate of drug-likeness (QED) is 0.843. The van der Waals surface area contributed by atoms with Crippen LogP contribution in [-0.2, 0) is 23.1 Å². The van der Waals surface area contributed by atoms with Gasteiger partial charge in [0.05, 0.1) is 19.9 Å². The summed E-state index contributed by atoms with van der Waals surface area (Å²) in [4.78, 5) is -0.0514. The molecule has 2 aromatic rings. The number of benzene rings is 1. The molecule has 2 rings (SSSR count). The van der Waals surface area contributed by atoms with Crippen LogP contribution in [0.4, 0.5) is 0 Å². The van der Waals surface area contributed by atoms with Gasteiger partial charge in [-0.2, -0.15) is 0 Å². The number of methoxy groups -OCH3 is 1. The summed E-state index contributed by atoms with van der Waals surface area (Å²) in [6.45, 7) is 0.146. The molecule has 0 bridgehead atoms. The van der Waals surface area contributed by atoms with Crippen molar-refractivity contribution in [2.24, 2.45) is 5.73 Å². The van der Waals surface area contributed by atoms with Crippen LogP contribution in [0.3, 0.4) is 0 Å². The molecule has 0 atom stereocenters. The highest BCUT2D eigenvalue weighted by Crippen LogP contribution is 2.31. The zero-order valence-electron chi connectivity index (χ0n) is 11.3. The second-order valence-corrected chi connectivity index (χ2v) is 6.38. The van der Waals surface area contributed by atoms with E-state index in [1.54, 1.807) is 18.2 Å². The number of furan rings is 1. The average molecular weight is 331 g/mol. The van der Waals surface area contributed by atoms with Gasteiger partial charge in [-0.15, -0.1) is 0 Å². The molecule has 0 aliphatic rings. The first kappa shape index (κ1) is 15.8. The van der Waals surface area contributed by atoms with Crippen molar-refractivity contribution in [2.75, 3.05) is 7.11 Å². The van der Waals surface area contributed by atoms with Crippen molar-refractivity contribution in [2.45, 2.75) is 18.0 Å². The van der Waals surface area contributed by atoms with Crippen molar-refractivity contribution in [3.8, 4) is 5.75 Å². The van der Waals surface area contributed by atoms with Gasteiger partial charge in [0.25, 0.3) is 0 Å². The highest BCUT2D eigenvalue weighted by molar-refractivity contribution is 7.89. The fraction of sp³-hybridized carbons (Fsp3) is 0.231. The lowest BCUT2D eigenvalue weighted by Gasteiger charge is -2.14. The van der Waals surface area contributed by atoms with Gasteiger partial charge in [-0.3, -0.25) is 0 Å². The van der Waals surface area contributed by atoms with E-state index in [1.165, 1.54) is 19.4 Å². The highest BCUT2D eigenvalue weighted by atomic mass is 35.5. The molecule has 1 heterocycles. The largest absolute Gasteiger partial charge is 0.495 e. The second-order valence-electron chi connectivity index (χ2n) is 4.20. The van der Waals surface area contributed by atoms with Gasteiger partial charge >= 0.3 is 0 Å². The average Bonchev–Trinajstić information content (AvgIpc) is 2.97. The molecule has 0 saturated heterocycles. The molecular formula is C13H15ClN2O4S. The summed E-state index contributed by atoms with van der Waals surface area (Å²) in [5.41, 5.74) is 6.11. The van der Waals surface area contributed by atoms with Crippen molar-refractivity contribution in [3.63, 3.8) is 0 Å². The zero-order chi connectivity index (χ0) is 15.5. The van der Waals surface area contributed by atoms with E-state index in [4.69, 9.17) is 26.5 Å². The summed E-state index contributed by atoms with van der Waals surface area (Å²) < 4.78 is 37.5. The van der Waals surface area contributed by atoms with E-state index < -0.39 is 10.0 Å². The third-order valence-corrected chi connectivity index (χ3v) is 4.45. The molecular weight excluding hydrogens is 316 g/mol. The molecule has 1 aromatic carbocycles. The molecule has 0 amide bonds. The van der Waals surface area contributed by atoms with Crippen LogP contribution in [0.25, 0.3) is 0 Å². The zero-order valence-corrected chi connectivity index (χ0v) is 12.9. The van der Waals surface area contributed by atoms with E-state index in [0.29, 0.717) is 11.3 Å². The van der Waals surface area contributed by atoms with Crippen LogP contribution in [0.2, 0.25) is 5.02 Å². The van der Waals surface area contributed by atoms with Gasteiger partial charge in [0, 0.05) is 17.1 Å². The van der Waals surface area contributed by atoms with Crippen molar-refractivity contribution >= 4 is 21.6 Å². The van der Waals surface area contributed by atoms with Crippen LogP contribution in [0.15, 0.2) is 39.8 Å². The summed E-state index contributed by atoms with van der Waals surface area (Å²) >= 11 is 5.94. The molecule has 21 heavy (non-hydrogen) atoms. The first-order valence-corrected chi connectivity index (χ1v) is 7.92. The Kier molecular flexibility index (Phi) is 4.89. The molecule has 114 valence electrons. The minimum atomic E-state index is -3.81. The lowest BCUT2D eigenvalue weighted by molar-refractivity contribution is 0.397. The predicted octanol–water partition coefficient (Wildman–Crippen LogP) is 1.88. The van der Waals surface area contributed by atoms with Crippen molar-refractivity contribution < 1.29 is 17.6 Å². The minimum Gasteiger partial charge on any atom is -0.495 e. The van der Waals surface area contributed by atoms with Crippen LogP contribution in [0.1, 0.15) is 11.3 Å². The Morgan fingerprint density at radius 2 is 2.19 bits per heavy atom. The van der Waals surface area contributed by atoms with Crippen molar-refractivity contribution in [1.29, 1.82) is 0 Å². The lowest BCUT2D eigenvalue weighted by Crippen LogP contribution is -2.24.